The molecule has 4 aromatic rings. The van der Waals surface area contributed by atoms with Crippen molar-refractivity contribution in [3.63, 3.8) is 0 Å². The third-order valence-electron chi connectivity index (χ3n) is 9.50. The van der Waals surface area contributed by atoms with Crippen LogP contribution in [0.25, 0.3) is 32.7 Å². The van der Waals surface area contributed by atoms with E-state index in [0.717, 1.165) is 21.5 Å². The van der Waals surface area contributed by atoms with Gasteiger partial charge in [0.2, 0.25) is 0 Å². The molecular formula is C40H38O2Ti+2. The van der Waals surface area contributed by atoms with Crippen molar-refractivity contribution in [3.05, 3.63) is 134 Å². The van der Waals surface area contributed by atoms with Crippen molar-refractivity contribution in [2.45, 2.75) is 64.2 Å². The number of hydrogen-bond acceptors (Lipinski definition) is 2. The van der Waals surface area contributed by atoms with Gasteiger partial charge in [-0.1, -0.05) is 86.3 Å². The summed E-state index contributed by atoms with van der Waals surface area (Å²) < 4.78 is 0. The summed E-state index contributed by atoms with van der Waals surface area (Å²) in [5.74, 6) is 10.3. The molecule has 0 atom stereocenters. The SMILES string of the molecule is Oc1ccc2ccccc2c1-c1c(O)ccc2ccccc12.[CH]1[CH][C](CC[C]2[CH][CH][C]3CCCC[C]32)[C]2CCCC[C]12.[Ti+2]. The van der Waals surface area contributed by atoms with Gasteiger partial charge in [0.25, 0.3) is 0 Å². The third-order valence-corrected chi connectivity index (χ3v) is 9.50. The Bertz CT molecular complexity index is 1410. The van der Waals surface area contributed by atoms with Gasteiger partial charge in [-0.25, -0.2) is 0 Å². The summed E-state index contributed by atoms with van der Waals surface area (Å²) in [6.45, 7) is 0. The second-order valence-corrected chi connectivity index (χ2v) is 12.0. The molecule has 0 aliphatic heterocycles. The van der Waals surface area contributed by atoms with Gasteiger partial charge in [-0.15, -0.1) is 0 Å². The fourth-order valence-electron chi connectivity index (χ4n) is 7.35. The van der Waals surface area contributed by atoms with Crippen LogP contribution in [-0.2, 0) is 21.7 Å². The van der Waals surface area contributed by atoms with Crippen molar-refractivity contribution in [3.8, 4) is 22.6 Å². The van der Waals surface area contributed by atoms with Gasteiger partial charge < -0.3 is 10.2 Å². The Morgan fingerprint density at radius 1 is 0.465 bits per heavy atom. The van der Waals surface area contributed by atoms with Gasteiger partial charge in [-0.2, -0.15) is 0 Å². The Balaban J connectivity index is 0.000000150. The molecule has 4 saturated carbocycles. The zero-order valence-electron chi connectivity index (χ0n) is 24.7. The topological polar surface area (TPSA) is 40.5 Å². The van der Waals surface area contributed by atoms with E-state index < -0.39 is 0 Å². The molecule has 43 heavy (non-hydrogen) atoms. The minimum Gasteiger partial charge on any atom is -0.507 e. The Morgan fingerprint density at radius 2 is 0.884 bits per heavy atom. The normalized spacial score (nSPS) is 20.5. The Kier molecular flexibility index (Phi) is 9.85. The predicted octanol–water partition coefficient (Wildman–Crippen LogP) is 10.3. The second-order valence-electron chi connectivity index (χ2n) is 12.0. The van der Waals surface area contributed by atoms with Gasteiger partial charge in [0.1, 0.15) is 11.5 Å². The molecule has 0 heterocycles. The van der Waals surface area contributed by atoms with Gasteiger partial charge in [-0.05, 0) is 133 Å². The van der Waals surface area contributed by atoms with Gasteiger partial charge >= 0.3 is 21.7 Å². The fourth-order valence-corrected chi connectivity index (χ4v) is 7.35. The maximum absolute atomic E-state index is 10.4. The van der Waals surface area contributed by atoms with Gasteiger partial charge in [0.15, 0.2) is 0 Å². The van der Waals surface area contributed by atoms with E-state index in [9.17, 15) is 10.2 Å². The zero-order valence-corrected chi connectivity index (χ0v) is 26.3. The minimum atomic E-state index is 0. The molecule has 0 saturated heterocycles. The molecule has 0 amide bonds. The van der Waals surface area contributed by atoms with Crippen molar-refractivity contribution in [2.75, 3.05) is 0 Å². The summed E-state index contributed by atoms with van der Waals surface area (Å²) in [5, 5.41) is 24.8. The van der Waals surface area contributed by atoms with Crippen molar-refractivity contribution in [1.82, 2.24) is 0 Å². The van der Waals surface area contributed by atoms with E-state index in [-0.39, 0.29) is 33.2 Å². The van der Waals surface area contributed by atoms with Crippen LogP contribution in [-0.4, -0.2) is 10.2 Å². The number of benzene rings is 4. The average Bonchev–Trinajstić information content (AvgIpc) is 3.65. The first-order chi connectivity index (χ1) is 20.7. The molecule has 2 N–H and O–H groups in total. The van der Waals surface area contributed by atoms with Crippen LogP contribution in [0.3, 0.4) is 0 Å². The molecule has 10 radical (unpaired) electrons. The summed E-state index contributed by atoms with van der Waals surface area (Å²) in [5.41, 5.74) is 1.35. The molecule has 4 fully saturated rings. The fraction of sp³-hybridized carbons (Fsp3) is 0.250. The summed E-state index contributed by atoms with van der Waals surface area (Å²) in [7, 11) is 0. The first-order valence-electron chi connectivity index (χ1n) is 15.6. The molecule has 4 aliphatic carbocycles. The molecular weight excluding hydrogens is 560 g/mol. The Labute approximate surface area is 273 Å². The van der Waals surface area contributed by atoms with Crippen molar-refractivity contribution < 1.29 is 31.9 Å². The molecule has 0 bridgehead atoms. The van der Waals surface area contributed by atoms with Crippen molar-refractivity contribution in [1.29, 1.82) is 0 Å². The summed E-state index contributed by atoms with van der Waals surface area (Å²) >= 11 is 0. The van der Waals surface area contributed by atoms with Crippen LogP contribution in [0.15, 0.2) is 72.8 Å². The molecule has 4 aliphatic rings. The van der Waals surface area contributed by atoms with Gasteiger partial charge in [0, 0.05) is 11.1 Å². The van der Waals surface area contributed by atoms with Crippen LogP contribution in [0.2, 0.25) is 0 Å². The van der Waals surface area contributed by atoms with Gasteiger partial charge in [-0.3, -0.25) is 0 Å². The maximum Gasteiger partial charge on any atom is 2.00 e. The number of aromatic hydroxyl groups is 2. The summed E-state index contributed by atoms with van der Waals surface area (Å²) in [6.07, 6.45) is 23.0. The van der Waals surface area contributed by atoms with Crippen LogP contribution < -0.4 is 0 Å². The van der Waals surface area contributed by atoms with Crippen LogP contribution in [0, 0.1) is 61.2 Å². The standard InChI is InChI=1S/C20H14O2.C20H24.Ti/c21-17-11-9-13-5-1-3-7-15(13)19(17)20-16-8-4-2-6-14(16)10-12-18(20)22;1-3-7-19-15(5-1)9-11-17(19)13-14-18-12-10-16-6-2-4-8-20(16)18;/h1-12,21-22H;9-12H,1-8,13-14H2;/q;;+2. The largest absolute Gasteiger partial charge is 2.00 e. The van der Waals surface area contributed by atoms with E-state index in [1.54, 1.807) is 47.6 Å². The molecule has 4 aromatic carbocycles. The minimum absolute atomic E-state index is 0. The third kappa shape index (κ3) is 6.30. The molecule has 0 spiro atoms. The molecule has 3 heteroatoms. The summed E-state index contributed by atoms with van der Waals surface area (Å²) in [4.78, 5) is 0. The van der Waals surface area contributed by atoms with Crippen molar-refractivity contribution >= 4 is 21.5 Å². The predicted molar refractivity (Wildman–Crippen MR) is 173 cm³/mol. The number of phenolic OH excluding ortho intramolecular Hbond substituents is 2. The zero-order chi connectivity index (χ0) is 28.5. The number of rotatable bonds is 4. The maximum atomic E-state index is 10.4. The second kappa shape index (κ2) is 13.8. The van der Waals surface area contributed by atoms with E-state index in [4.69, 9.17) is 0 Å². The molecule has 0 unspecified atom stereocenters. The number of hydrogen-bond donors (Lipinski definition) is 2. The van der Waals surface area contributed by atoms with Crippen molar-refractivity contribution in [2.24, 2.45) is 0 Å². The van der Waals surface area contributed by atoms with Crippen LogP contribution >= 0.6 is 0 Å². The molecule has 0 aromatic heterocycles. The first kappa shape index (κ1) is 30.7. The first-order valence-corrected chi connectivity index (χ1v) is 15.6. The van der Waals surface area contributed by atoms with E-state index in [2.05, 4.69) is 25.7 Å². The van der Waals surface area contributed by atoms with E-state index in [1.807, 2.05) is 60.7 Å². The van der Waals surface area contributed by atoms with E-state index in [1.165, 1.54) is 64.2 Å². The number of fused-ring (bicyclic) bond motifs is 4. The molecule has 212 valence electrons. The van der Waals surface area contributed by atoms with E-state index in [0.29, 0.717) is 11.1 Å². The number of phenols is 2. The molecule has 2 nitrogen and oxygen atoms in total. The monoisotopic (exact) mass is 598 g/mol. The molecule has 8 rings (SSSR count). The quantitative estimate of drug-likeness (QED) is 0.230. The van der Waals surface area contributed by atoms with E-state index >= 15 is 0 Å². The van der Waals surface area contributed by atoms with Crippen LogP contribution in [0.5, 0.6) is 11.5 Å². The van der Waals surface area contributed by atoms with Gasteiger partial charge in [0.05, 0.1) is 0 Å². The van der Waals surface area contributed by atoms with Crippen LogP contribution in [0.4, 0.5) is 0 Å². The average molecular weight is 599 g/mol. The summed E-state index contributed by atoms with van der Waals surface area (Å²) in [6, 6.07) is 22.9. The Hall–Kier alpha value is -2.29. The smallest absolute Gasteiger partial charge is 0.507 e. The Morgan fingerprint density at radius 3 is 1.35 bits per heavy atom. The van der Waals surface area contributed by atoms with Crippen LogP contribution in [0.1, 0.15) is 64.2 Å².